The number of nitrogens with zero attached hydrogens (tertiary/aromatic N) is 15. The van der Waals surface area contributed by atoms with Crippen molar-refractivity contribution in [2.24, 2.45) is 40.9 Å². The van der Waals surface area contributed by atoms with Crippen LogP contribution in [0, 0.1) is 42.2 Å². The summed E-state index contributed by atoms with van der Waals surface area (Å²) in [6.07, 6.45) is -0.453. The average Bonchev–Trinajstić information content (AvgIpc) is 1.56. The van der Waals surface area contributed by atoms with Gasteiger partial charge in [-0.2, -0.15) is 72.5 Å². The number of fused-ring (bicyclic) bond motifs is 3. The number of thioether (sulfide) groups is 2. The Bertz CT molecular complexity index is 6470. The zero-order valence-corrected chi connectivity index (χ0v) is 69.4. The number of nitro groups is 1. The molecule has 0 bridgehead atoms. The summed E-state index contributed by atoms with van der Waals surface area (Å²) in [5.41, 5.74) is 1.76. The van der Waals surface area contributed by atoms with Gasteiger partial charge in [-0.3, -0.25) is 37.3 Å². The second-order valence-electron chi connectivity index (χ2n) is 24.0. The number of nitrogens with one attached hydrogen (secondary N) is 3. The molecule has 0 saturated heterocycles. The molecule has 10 rings (SSSR count). The lowest BCUT2D eigenvalue weighted by Crippen LogP contribution is -2.10. The number of non-ortho nitro benzene ring substituents is 1. The number of pyridine rings is 1. The van der Waals surface area contributed by atoms with Gasteiger partial charge in [0.15, 0.2) is 11.3 Å². The quantitative estimate of drug-likeness (QED) is 0.00460. The molecule has 7 aromatic carbocycles. The van der Waals surface area contributed by atoms with Crippen LogP contribution >= 0.6 is 23.5 Å². The molecule has 0 aliphatic carbocycles. The van der Waals surface area contributed by atoms with Gasteiger partial charge in [0.25, 0.3) is 56.3 Å². The van der Waals surface area contributed by atoms with Crippen molar-refractivity contribution < 1.29 is 110 Å². The number of benzene rings is 7. The standard InChI is InChI=1S/C64H60N18O19S7.C2H6O.CH4.2O3S/c1-37-27-51(77-80-59-39(3)44(35-65)60-68-45-17-7-8-18-54(45)81(60)61(59)83)55(101-21-10-24-104(86,87)88)32-47(37)74-79-53-31-49(69-64-71-62(66-36-40-13-5-4-6-14-40)70-63(72-64)67-41-15-9-16-43(29-41)107(95,96)97)50(34-57(53)103-23-12-26-106(92,93)94)76-78-52-28-38(2)48(33-56(52)102-22-11-25-105(89,90)91)75-73-46-20-19-42(82(84)85)30-58(46)108(98,99)100;1-3-2;;2*1-4(2)3/h4-9,13-20,27-34,83H,10-12,21-26,36H2,1-3H3,(H,86,87,88)(H,89,90,91)(H,92,93,94)(H,95,96,97)(H,98,99,100)(H3,66,67,69,70,71,72);1-2H3;1H4;;. The molecule has 0 fully saturated rings. The number of para-hydroxylation sites is 2. The molecule has 44 nitrogen and oxygen atoms in total. The lowest BCUT2D eigenvalue weighted by atomic mass is 10.1. The van der Waals surface area contributed by atoms with E-state index in [2.05, 4.69) is 87.6 Å². The molecule has 0 unspecified atom stereocenters. The lowest BCUT2D eigenvalue weighted by Gasteiger charge is -2.15. The number of azo groups is 4. The van der Waals surface area contributed by atoms with Crippen LogP contribution in [0.25, 0.3) is 16.7 Å². The lowest BCUT2D eigenvalue weighted by molar-refractivity contribution is -0.385. The average molecular weight is 1830 g/mol. The Morgan fingerprint density at radius 2 is 1.06 bits per heavy atom. The first-order valence-corrected chi connectivity index (χ1v) is 44.9. The van der Waals surface area contributed by atoms with E-state index >= 15 is 0 Å². The van der Waals surface area contributed by atoms with E-state index in [0.29, 0.717) is 28.2 Å². The third-order valence-electron chi connectivity index (χ3n) is 15.1. The molecule has 0 aliphatic heterocycles. The number of hydrogen-bond donors (Lipinski definition) is 9. The summed E-state index contributed by atoms with van der Waals surface area (Å²) < 4.78 is 232. The van der Waals surface area contributed by atoms with Crippen molar-refractivity contribution in [3.63, 3.8) is 0 Å². The number of imidazole rings is 1. The van der Waals surface area contributed by atoms with Crippen molar-refractivity contribution in [1.82, 2.24) is 24.3 Å². The van der Waals surface area contributed by atoms with Crippen LogP contribution in [-0.4, -0.2) is 174 Å². The minimum atomic E-state index is -5.11. The summed E-state index contributed by atoms with van der Waals surface area (Å²) in [5.74, 6) is -3.01. The Balaban J connectivity index is 0.00000175. The zero-order chi connectivity index (χ0) is 87.7. The third-order valence-corrected chi connectivity index (χ3v) is 21.6. The van der Waals surface area contributed by atoms with Crippen molar-refractivity contribution in [3.8, 4) is 17.7 Å². The molecule has 0 saturated carbocycles. The highest BCUT2D eigenvalue weighted by Crippen LogP contribution is 2.46. The summed E-state index contributed by atoms with van der Waals surface area (Å²) in [4.78, 5) is 28.0. The van der Waals surface area contributed by atoms with E-state index in [1.165, 1.54) is 52.9 Å². The van der Waals surface area contributed by atoms with Gasteiger partial charge in [-0.1, -0.05) is 56.0 Å². The second-order valence-corrected chi connectivity index (χ2v) is 34.6. The van der Waals surface area contributed by atoms with Crippen LogP contribution in [0.3, 0.4) is 0 Å². The van der Waals surface area contributed by atoms with Crippen molar-refractivity contribution in [2.45, 2.75) is 73.6 Å². The monoisotopic (exact) mass is 1830 g/mol. The first kappa shape index (κ1) is 97.1. The number of aromatic hydroxyl groups is 1. The third kappa shape index (κ3) is 30.2. The van der Waals surface area contributed by atoms with E-state index in [1.807, 2.05) is 18.2 Å². The van der Waals surface area contributed by atoms with Gasteiger partial charge < -0.3 is 30.5 Å². The molecule has 53 heteroatoms. The van der Waals surface area contributed by atoms with E-state index in [1.54, 1.807) is 71.4 Å². The van der Waals surface area contributed by atoms with Crippen LogP contribution in [0.15, 0.2) is 194 Å². The number of ether oxygens (including phenoxy) is 2. The minimum Gasteiger partial charge on any atom is -0.493 e. The highest BCUT2D eigenvalue weighted by atomic mass is 32.2. The van der Waals surface area contributed by atoms with Gasteiger partial charge in [0.05, 0.1) is 67.5 Å². The SMILES string of the molecule is C.COC.Cc1cc(N=Nc2c(C)c(C#N)c3nc4ccccc4n3c2O)c(OCCCS(=O)(=O)O)cc1N=Nc1cc(Nc2nc(NCc3ccccc3)nc(Nc3cccc(S(=O)(=O)O)c3)n2)c(N=Nc2cc(C)c(N=Nc3ccc([N+](=O)[O-])cc3S(=O)(=O)O)cc2SCCCS(=O)(=O)O)cc1SCCCS(=O)(=O)O.O=S(=O)=O.O=S(=O)=O. The highest BCUT2D eigenvalue weighted by molar-refractivity contribution is 7.99. The molecule has 0 spiro atoms. The predicted octanol–water partition coefficient (Wildman–Crippen LogP) is 13.6. The molecule has 3 aromatic heterocycles. The summed E-state index contributed by atoms with van der Waals surface area (Å²) in [5, 5.41) is 78.5. The minimum absolute atomic E-state index is 0. The second kappa shape index (κ2) is 43.8. The summed E-state index contributed by atoms with van der Waals surface area (Å²) in [6, 6.07) is 34.2. The van der Waals surface area contributed by atoms with Gasteiger partial charge in [-0.05, 0) is 135 Å². The molecular formula is C67H70N18O26S9. The topological polar surface area (TPSA) is 671 Å². The molecule has 0 amide bonds. The van der Waals surface area contributed by atoms with E-state index in [9.17, 15) is 85.3 Å². The first-order chi connectivity index (χ1) is 55.9. The van der Waals surface area contributed by atoms with Crippen LogP contribution in [0.5, 0.6) is 11.6 Å². The van der Waals surface area contributed by atoms with Gasteiger partial charge in [0, 0.05) is 60.0 Å². The number of hydrogen-bond acceptors (Lipinski definition) is 39. The molecule has 3 heterocycles. The number of anilines is 5. The molecule has 9 N–H and O–H groups in total. The smallest absolute Gasteiger partial charge is 0.425 e. The fourth-order valence-corrected chi connectivity index (χ4v) is 15.0. The van der Waals surface area contributed by atoms with Crippen LogP contribution in [0.2, 0.25) is 0 Å². The van der Waals surface area contributed by atoms with Crippen molar-refractivity contribution in [3.05, 3.63) is 171 Å². The molecule has 0 atom stereocenters. The number of methoxy groups -OCH3 is 1. The van der Waals surface area contributed by atoms with Gasteiger partial charge in [0.2, 0.25) is 23.7 Å². The predicted molar refractivity (Wildman–Crippen MR) is 438 cm³/mol. The Kier molecular flexibility index (Phi) is 35.4. The van der Waals surface area contributed by atoms with Gasteiger partial charge in [0.1, 0.15) is 45.0 Å². The van der Waals surface area contributed by atoms with Crippen LogP contribution in [0.1, 0.15) is 54.5 Å². The van der Waals surface area contributed by atoms with Gasteiger partial charge >= 0.3 is 21.2 Å². The maximum absolute atomic E-state index is 12.4. The number of nitriles is 1. The Morgan fingerprint density at radius 1 is 0.558 bits per heavy atom. The van der Waals surface area contributed by atoms with E-state index in [4.69, 9.17) is 30.0 Å². The van der Waals surface area contributed by atoms with Crippen molar-refractivity contribution in [2.75, 3.05) is 65.5 Å². The first-order valence-electron chi connectivity index (χ1n) is 33.2. The van der Waals surface area contributed by atoms with Crippen LogP contribution < -0.4 is 20.7 Å². The number of nitro benzene ring substituents is 1. The number of rotatable bonds is 33. The van der Waals surface area contributed by atoms with Crippen LogP contribution in [-0.2, 0) is 83.1 Å². The maximum Gasteiger partial charge on any atom is 0.425 e. The normalized spacial score (nSPS) is 11.8. The Hall–Kier alpha value is -11.8. The fraction of sp³-hybridized carbons (Fsp3) is 0.239. The van der Waals surface area contributed by atoms with Crippen molar-refractivity contribution in [1.29, 1.82) is 5.26 Å². The molecule has 638 valence electrons. The van der Waals surface area contributed by atoms with Crippen molar-refractivity contribution >= 4 is 192 Å². The van der Waals surface area contributed by atoms with E-state index in [-0.39, 0.29) is 153 Å². The fourth-order valence-electron chi connectivity index (χ4n) is 10.0. The molecule has 0 radical (unpaired) electrons. The largest absolute Gasteiger partial charge is 0.493 e. The summed E-state index contributed by atoms with van der Waals surface area (Å²) in [7, 11) is -26.2. The van der Waals surface area contributed by atoms with E-state index in [0.717, 1.165) is 53.4 Å². The van der Waals surface area contributed by atoms with E-state index < -0.39 is 121 Å². The van der Waals surface area contributed by atoms with Gasteiger partial charge in [-0.15, -0.1) is 79.5 Å². The Morgan fingerprint density at radius 3 is 1.62 bits per heavy atom. The highest BCUT2D eigenvalue weighted by Gasteiger charge is 2.25. The summed E-state index contributed by atoms with van der Waals surface area (Å²) in [6.45, 7) is 4.53. The zero-order valence-electron chi connectivity index (χ0n) is 62.0. The summed E-state index contributed by atoms with van der Waals surface area (Å²) >= 11 is 2.03. The molecule has 10 aromatic rings. The van der Waals surface area contributed by atoms with Gasteiger partial charge in [-0.25, -0.2) is 4.98 Å². The Labute approximate surface area is 696 Å². The maximum atomic E-state index is 12.4. The number of aryl methyl sites for hydroxylation is 2. The molecule has 0 aliphatic rings. The number of aromatic nitrogens is 5. The molecular weight excluding hydrogens is 1760 g/mol. The molecule has 120 heavy (non-hydrogen) atoms. The van der Waals surface area contributed by atoms with Crippen LogP contribution in [0.4, 0.5) is 80.4 Å².